The number of carbonyl (C=O) groups excluding carboxylic acids is 1. The number of nitrogens with zero attached hydrogens (tertiary/aromatic N) is 2. The molecule has 0 fully saturated rings. The van der Waals surface area contributed by atoms with Crippen LogP contribution in [0.1, 0.15) is 77.8 Å². The number of aromatic hydroxyl groups is 2. The molecular weight excluding hydrogens is 700 g/mol. The van der Waals surface area contributed by atoms with Gasteiger partial charge in [-0.25, -0.2) is 14.8 Å². The average molecular weight is 745 g/mol. The minimum Gasteiger partial charge on any atom is -0.508 e. The summed E-state index contributed by atoms with van der Waals surface area (Å²) in [4.78, 5) is 36.6. The number of rotatable bonds is 5. The lowest BCUT2D eigenvalue weighted by Gasteiger charge is -2.50. The molecule has 3 aromatic heterocycles. The maximum Gasteiger partial charge on any atom is 0.333 e. The first-order valence-electron chi connectivity index (χ1n) is 18.6. The van der Waals surface area contributed by atoms with Crippen LogP contribution in [0.2, 0.25) is 0 Å². The number of aliphatic hydroxyl groups excluding tert-OH is 1. The van der Waals surface area contributed by atoms with Crippen molar-refractivity contribution in [1.29, 1.82) is 0 Å². The summed E-state index contributed by atoms with van der Waals surface area (Å²) in [5.74, 6) is -0.694. The van der Waals surface area contributed by atoms with Crippen molar-refractivity contribution in [3.8, 4) is 17.2 Å². The standard InChI is InChI=1S/C43H44N4O8/c1-4-21(2)42(52)54-34-18-31-38(51)37-33(50)17-27(20-48)53-40(37)36-29(13-22-6-5-7-26(49)12-22)28-10-11-46-41(45)30(28)14-24-9-8-23-16-35(44)47-19-25(23)15-32(24)43(34,3)55-39(31)36/h4-7,10-12,16-17,19,24,29,32,34,48-49,51H,8-9,13-15,18,20H2,1-3H3,(H2,44,47)(H2,45,46)/b21-4-/t24-,29+,32-,34-,43+/m1/s1. The first kappa shape index (κ1) is 36.1. The average Bonchev–Trinajstić information content (AvgIpc) is 3.34. The number of nitrogens with two attached hydrogens (primary N) is 2. The zero-order chi connectivity index (χ0) is 38.8. The Kier molecular flexibility index (Phi) is 9.03. The molecule has 0 spiro atoms. The summed E-state index contributed by atoms with van der Waals surface area (Å²) in [6.45, 7) is 4.84. The number of esters is 1. The van der Waals surface area contributed by atoms with Crippen LogP contribution in [0.25, 0.3) is 11.0 Å². The van der Waals surface area contributed by atoms with Crippen LogP contribution in [0.3, 0.4) is 0 Å². The zero-order valence-electron chi connectivity index (χ0n) is 31.0. The molecule has 0 unspecified atom stereocenters. The van der Waals surface area contributed by atoms with Crippen LogP contribution in [0, 0.1) is 11.8 Å². The van der Waals surface area contributed by atoms with E-state index in [2.05, 4.69) is 9.97 Å². The number of hydrogen-bond acceptors (Lipinski definition) is 12. The van der Waals surface area contributed by atoms with Crippen molar-refractivity contribution in [2.24, 2.45) is 11.8 Å². The van der Waals surface area contributed by atoms with E-state index in [1.165, 1.54) is 0 Å². The Bertz CT molecular complexity index is 2460. The van der Waals surface area contributed by atoms with E-state index in [0.717, 1.165) is 40.3 Å². The van der Waals surface area contributed by atoms with Gasteiger partial charge in [-0.2, -0.15) is 0 Å². The number of hydrogen-bond donors (Lipinski definition) is 5. The predicted octanol–water partition coefficient (Wildman–Crippen LogP) is 5.57. The number of aromatic nitrogens is 2. The molecular formula is C43H44N4O8. The molecule has 7 N–H and O–H groups in total. The van der Waals surface area contributed by atoms with Gasteiger partial charge in [-0.15, -0.1) is 0 Å². The topological polar surface area (TPSA) is 204 Å². The van der Waals surface area contributed by atoms with Gasteiger partial charge in [-0.1, -0.05) is 18.2 Å². The number of carbonyl (C=O) groups is 1. The fourth-order valence-corrected chi connectivity index (χ4v) is 9.11. The number of fused-ring (bicyclic) bond motifs is 7. The van der Waals surface area contributed by atoms with Crippen LogP contribution >= 0.6 is 0 Å². The van der Waals surface area contributed by atoms with E-state index in [1.807, 2.05) is 31.3 Å². The Morgan fingerprint density at radius 2 is 1.89 bits per heavy atom. The van der Waals surface area contributed by atoms with E-state index in [4.69, 9.17) is 25.4 Å². The summed E-state index contributed by atoms with van der Waals surface area (Å²) in [6, 6.07) is 11.9. The van der Waals surface area contributed by atoms with Crippen molar-refractivity contribution in [2.75, 3.05) is 11.5 Å². The Labute approximate surface area is 317 Å². The lowest BCUT2D eigenvalue weighted by Crippen LogP contribution is -2.59. The molecule has 284 valence electrons. The van der Waals surface area contributed by atoms with Crippen LogP contribution in [0.5, 0.6) is 17.2 Å². The third-order valence-corrected chi connectivity index (χ3v) is 12.1. The molecule has 0 amide bonds. The maximum absolute atomic E-state index is 13.9. The van der Waals surface area contributed by atoms with E-state index in [9.17, 15) is 24.9 Å². The lowest BCUT2D eigenvalue weighted by molar-refractivity contribution is -0.168. The van der Waals surface area contributed by atoms with Crippen molar-refractivity contribution in [1.82, 2.24) is 9.97 Å². The fourth-order valence-electron chi connectivity index (χ4n) is 9.11. The summed E-state index contributed by atoms with van der Waals surface area (Å²) in [7, 11) is 0. The molecule has 55 heavy (non-hydrogen) atoms. The molecule has 0 saturated heterocycles. The number of ether oxygens (including phenoxy) is 2. The van der Waals surface area contributed by atoms with Gasteiger partial charge >= 0.3 is 5.97 Å². The molecule has 1 aliphatic carbocycles. The Balaban J connectivity index is 1.48. The highest BCUT2D eigenvalue weighted by Gasteiger charge is 2.55. The molecule has 5 aromatic rings. The molecule has 2 aliphatic heterocycles. The summed E-state index contributed by atoms with van der Waals surface area (Å²) < 4.78 is 20.1. The Morgan fingerprint density at radius 1 is 1.07 bits per heavy atom. The number of nitrogen functional groups attached to an aromatic ring is 2. The number of phenols is 2. The van der Waals surface area contributed by atoms with Gasteiger partial charge in [0.1, 0.15) is 63.9 Å². The molecule has 0 radical (unpaired) electrons. The van der Waals surface area contributed by atoms with E-state index in [1.54, 1.807) is 44.3 Å². The number of aliphatic hydroxyl groups is 1. The normalized spacial score (nSPS) is 23.1. The van der Waals surface area contributed by atoms with E-state index >= 15 is 0 Å². The number of aryl methyl sites for hydroxylation is 1. The molecule has 5 heterocycles. The minimum atomic E-state index is -1.21. The van der Waals surface area contributed by atoms with Crippen molar-refractivity contribution in [3.05, 3.63) is 121 Å². The third-order valence-electron chi connectivity index (χ3n) is 12.1. The van der Waals surface area contributed by atoms with E-state index in [0.29, 0.717) is 59.8 Å². The van der Waals surface area contributed by atoms with Crippen molar-refractivity contribution in [3.63, 3.8) is 0 Å². The summed E-state index contributed by atoms with van der Waals surface area (Å²) in [5, 5.41) is 32.8. The monoisotopic (exact) mass is 744 g/mol. The number of pyridine rings is 2. The highest BCUT2D eigenvalue weighted by Crippen LogP contribution is 2.55. The zero-order valence-corrected chi connectivity index (χ0v) is 31.0. The molecule has 2 bridgehead atoms. The number of anilines is 2. The van der Waals surface area contributed by atoms with Crippen LogP contribution in [0.15, 0.2) is 75.7 Å². The smallest absolute Gasteiger partial charge is 0.333 e. The van der Waals surface area contributed by atoms with Crippen LogP contribution < -0.4 is 21.6 Å². The second-order valence-electron chi connectivity index (χ2n) is 15.2. The van der Waals surface area contributed by atoms with Gasteiger partial charge in [0.15, 0.2) is 5.43 Å². The number of benzene rings is 2. The molecule has 5 atom stereocenters. The largest absolute Gasteiger partial charge is 0.508 e. The predicted molar refractivity (Wildman–Crippen MR) is 206 cm³/mol. The SMILES string of the molecule is C/C=C(/C)C(=O)O[C@@H]1Cc2c3c(c4oc(CO)cc(=O)c4c2O)[C@@H](Cc2cccc(O)c2)c2ccnc(N)c2C[C@H]2CCc4cc(N)ncc4C[C@H]2[C@]1(C)O3. The lowest BCUT2D eigenvalue weighted by atomic mass is 9.67. The highest BCUT2D eigenvalue weighted by atomic mass is 16.6. The Morgan fingerprint density at radius 3 is 2.65 bits per heavy atom. The summed E-state index contributed by atoms with van der Waals surface area (Å²) >= 11 is 0. The first-order chi connectivity index (χ1) is 26.4. The molecule has 3 aliphatic rings. The molecule has 2 aromatic carbocycles. The van der Waals surface area contributed by atoms with Crippen LogP contribution in [-0.2, 0) is 48.2 Å². The minimum absolute atomic E-state index is 0.00943. The second kappa shape index (κ2) is 13.8. The van der Waals surface area contributed by atoms with Gasteiger partial charge in [-0.3, -0.25) is 4.79 Å². The Hall–Kier alpha value is -5.88. The van der Waals surface area contributed by atoms with Gasteiger partial charge in [0.25, 0.3) is 0 Å². The number of allylic oxidation sites excluding steroid dienone is 1. The van der Waals surface area contributed by atoms with Gasteiger partial charge < -0.3 is 40.7 Å². The number of phenolic OH excluding ortho intramolecular Hbond substituents is 2. The van der Waals surface area contributed by atoms with Crippen molar-refractivity contribution in [2.45, 2.75) is 83.5 Å². The highest BCUT2D eigenvalue weighted by molar-refractivity contribution is 5.92. The maximum atomic E-state index is 13.9. The molecule has 0 saturated carbocycles. The second-order valence-corrected chi connectivity index (χ2v) is 15.2. The van der Waals surface area contributed by atoms with Crippen LogP contribution in [-0.4, -0.2) is 43.0 Å². The van der Waals surface area contributed by atoms with Gasteiger partial charge in [0.05, 0.1) is 0 Å². The van der Waals surface area contributed by atoms with Crippen LogP contribution in [0.4, 0.5) is 11.6 Å². The first-order valence-corrected chi connectivity index (χ1v) is 18.6. The fraction of sp³-hybridized carbons (Fsp3) is 0.349. The molecule has 8 rings (SSSR count). The summed E-state index contributed by atoms with van der Waals surface area (Å²) in [5.41, 5.74) is 17.0. The quantitative estimate of drug-likeness (QED) is 0.111. The summed E-state index contributed by atoms with van der Waals surface area (Å²) in [6.07, 6.45) is 7.00. The van der Waals surface area contributed by atoms with E-state index in [-0.39, 0.29) is 46.5 Å². The molecule has 12 nitrogen and oxygen atoms in total. The van der Waals surface area contributed by atoms with Gasteiger partial charge in [0.2, 0.25) is 0 Å². The van der Waals surface area contributed by atoms with Crippen molar-refractivity contribution >= 4 is 28.6 Å². The van der Waals surface area contributed by atoms with Gasteiger partial charge in [0, 0.05) is 53.4 Å². The van der Waals surface area contributed by atoms with Gasteiger partial charge in [-0.05, 0) is 111 Å². The third kappa shape index (κ3) is 6.14. The van der Waals surface area contributed by atoms with Crippen molar-refractivity contribution < 1.29 is 34.0 Å². The molecule has 12 heteroatoms. The van der Waals surface area contributed by atoms with E-state index < -0.39 is 35.6 Å².